The predicted octanol–water partition coefficient (Wildman–Crippen LogP) is 1.98. The fraction of sp³-hybridized carbons (Fsp3) is 0.929. The Hall–Kier alpha value is -0.610. The van der Waals surface area contributed by atoms with Gasteiger partial charge in [-0.1, -0.05) is 6.92 Å². The monoisotopic (exact) mass is 255 g/mol. The van der Waals surface area contributed by atoms with Gasteiger partial charge in [0.05, 0.1) is 12.0 Å². The third kappa shape index (κ3) is 2.69. The molecule has 1 N–H and O–H groups in total. The molecule has 2 rings (SSSR count). The maximum Gasteiger partial charge on any atom is 0.308 e. The van der Waals surface area contributed by atoms with E-state index in [-0.39, 0.29) is 18.1 Å². The molecule has 2 fully saturated rings. The molecule has 1 heterocycles. The van der Waals surface area contributed by atoms with Crippen molar-refractivity contribution >= 4 is 5.97 Å². The minimum Gasteiger partial charge on any atom is -0.481 e. The topological polar surface area (TPSA) is 49.8 Å². The van der Waals surface area contributed by atoms with Gasteiger partial charge in [0.2, 0.25) is 0 Å². The molecule has 1 saturated heterocycles. The normalized spacial score (nSPS) is 41.2. The van der Waals surface area contributed by atoms with Crippen molar-refractivity contribution in [1.82, 2.24) is 4.90 Å². The Morgan fingerprint density at radius 1 is 1.22 bits per heavy atom. The molecule has 5 atom stereocenters. The molecule has 1 aliphatic carbocycles. The summed E-state index contributed by atoms with van der Waals surface area (Å²) in [6.45, 7) is 5.12. The van der Waals surface area contributed by atoms with Crippen molar-refractivity contribution in [1.29, 1.82) is 0 Å². The summed E-state index contributed by atoms with van der Waals surface area (Å²) >= 11 is 0. The van der Waals surface area contributed by atoms with Gasteiger partial charge in [-0.05, 0) is 45.6 Å². The SMILES string of the molecule is CC1CCC(C(=O)O)C(N(C)C2CCOC2C)C1. The van der Waals surface area contributed by atoms with Gasteiger partial charge in [0, 0.05) is 18.7 Å². The summed E-state index contributed by atoms with van der Waals surface area (Å²) in [6, 6.07) is 0.544. The number of hydrogen-bond acceptors (Lipinski definition) is 3. The minimum atomic E-state index is -0.634. The predicted molar refractivity (Wildman–Crippen MR) is 69.5 cm³/mol. The largest absolute Gasteiger partial charge is 0.481 e. The van der Waals surface area contributed by atoms with Crippen LogP contribution in [0.15, 0.2) is 0 Å². The van der Waals surface area contributed by atoms with E-state index < -0.39 is 5.97 Å². The third-order valence-electron chi connectivity index (χ3n) is 4.78. The Morgan fingerprint density at radius 2 is 1.94 bits per heavy atom. The maximum absolute atomic E-state index is 11.4. The molecule has 4 heteroatoms. The van der Waals surface area contributed by atoms with Crippen LogP contribution in [-0.4, -0.2) is 47.8 Å². The Bertz CT molecular complexity index is 307. The second-order valence-electron chi connectivity index (χ2n) is 6.03. The number of carboxylic acids is 1. The van der Waals surface area contributed by atoms with E-state index in [9.17, 15) is 9.90 Å². The van der Waals surface area contributed by atoms with Gasteiger partial charge in [-0.15, -0.1) is 0 Å². The van der Waals surface area contributed by atoms with E-state index in [1.165, 1.54) is 0 Å². The minimum absolute atomic E-state index is 0.167. The number of carbonyl (C=O) groups is 1. The number of aliphatic carboxylic acids is 1. The number of rotatable bonds is 3. The molecule has 0 aromatic carbocycles. The molecule has 18 heavy (non-hydrogen) atoms. The number of hydrogen-bond donors (Lipinski definition) is 1. The van der Waals surface area contributed by atoms with Crippen LogP contribution in [0.1, 0.15) is 39.5 Å². The first-order valence-corrected chi connectivity index (χ1v) is 7.07. The quantitative estimate of drug-likeness (QED) is 0.838. The summed E-state index contributed by atoms with van der Waals surface area (Å²) in [4.78, 5) is 13.7. The molecule has 1 saturated carbocycles. The second-order valence-corrected chi connectivity index (χ2v) is 6.03. The first kappa shape index (κ1) is 13.8. The van der Waals surface area contributed by atoms with E-state index in [0.717, 1.165) is 32.3 Å². The number of likely N-dealkylation sites (N-methyl/N-ethyl adjacent to an activating group) is 1. The Kier molecular flexibility index (Phi) is 4.28. The lowest BCUT2D eigenvalue weighted by Crippen LogP contribution is -2.51. The number of nitrogens with zero attached hydrogens (tertiary/aromatic N) is 1. The van der Waals surface area contributed by atoms with E-state index in [2.05, 4.69) is 25.8 Å². The molecule has 0 aromatic heterocycles. The highest BCUT2D eigenvalue weighted by Gasteiger charge is 2.40. The molecule has 104 valence electrons. The summed E-state index contributed by atoms with van der Waals surface area (Å²) in [6.07, 6.45) is 4.10. The molecular weight excluding hydrogens is 230 g/mol. The first-order chi connectivity index (χ1) is 8.50. The molecule has 2 aliphatic rings. The molecule has 1 aliphatic heterocycles. The number of carboxylic acid groups (broad SMARTS) is 1. The van der Waals surface area contributed by atoms with Crippen molar-refractivity contribution in [2.24, 2.45) is 11.8 Å². The van der Waals surface area contributed by atoms with Crippen molar-refractivity contribution in [3.8, 4) is 0 Å². The van der Waals surface area contributed by atoms with E-state index in [4.69, 9.17) is 4.74 Å². The van der Waals surface area contributed by atoms with E-state index >= 15 is 0 Å². The third-order valence-corrected chi connectivity index (χ3v) is 4.78. The van der Waals surface area contributed by atoms with Gasteiger partial charge in [-0.3, -0.25) is 9.69 Å². The lowest BCUT2D eigenvalue weighted by Gasteiger charge is -2.41. The van der Waals surface area contributed by atoms with Gasteiger partial charge in [-0.2, -0.15) is 0 Å². The summed E-state index contributed by atoms with van der Waals surface area (Å²) in [5, 5.41) is 9.39. The van der Waals surface area contributed by atoms with Gasteiger partial charge >= 0.3 is 5.97 Å². The zero-order valence-electron chi connectivity index (χ0n) is 11.6. The van der Waals surface area contributed by atoms with E-state index in [1.807, 2.05) is 0 Å². The van der Waals surface area contributed by atoms with Crippen molar-refractivity contribution in [3.63, 3.8) is 0 Å². The standard InChI is InChI=1S/C14H25NO3/c1-9-4-5-11(14(16)17)13(8-9)15(3)12-6-7-18-10(12)2/h9-13H,4-8H2,1-3H3,(H,16,17). The zero-order chi connectivity index (χ0) is 13.3. The van der Waals surface area contributed by atoms with Gasteiger partial charge in [0.25, 0.3) is 0 Å². The van der Waals surface area contributed by atoms with E-state index in [0.29, 0.717) is 12.0 Å². The van der Waals surface area contributed by atoms with E-state index in [1.54, 1.807) is 0 Å². The highest BCUT2D eigenvalue weighted by molar-refractivity contribution is 5.71. The fourth-order valence-corrected chi connectivity index (χ4v) is 3.59. The summed E-state index contributed by atoms with van der Waals surface area (Å²) < 4.78 is 5.61. The Balaban J connectivity index is 2.09. The van der Waals surface area contributed by atoms with Crippen LogP contribution in [0.3, 0.4) is 0 Å². The summed E-state index contributed by atoms with van der Waals surface area (Å²) in [7, 11) is 2.08. The van der Waals surface area contributed by atoms with Gasteiger partial charge < -0.3 is 9.84 Å². The molecule has 5 unspecified atom stereocenters. The van der Waals surface area contributed by atoms with Crippen LogP contribution in [0.2, 0.25) is 0 Å². The molecular formula is C14H25NO3. The molecule has 0 aromatic rings. The van der Waals surface area contributed by atoms with Gasteiger partial charge in [0.15, 0.2) is 0 Å². The highest BCUT2D eigenvalue weighted by Crippen LogP contribution is 2.34. The van der Waals surface area contributed by atoms with Gasteiger partial charge in [0.1, 0.15) is 0 Å². The molecule has 0 bridgehead atoms. The Labute approximate surface area is 109 Å². The van der Waals surface area contributed by atoms with Crippen LogP contribution in [0.25, 0.3) is 0 Å². The first-order valence-electron chi connectivity index (χ1n) is 7.07. The summed E-state index contributed by atoms with van der Waals surface area (Å²) in [5.41, 5.74) is 0. The average molecular weight is 255 g/mol. The van der Waals surface area contributed by atoms with Crippen molar-refractivity contribution < 1.29 is 14.6 Å². The van der Waals surface area contributed by atoms with Crippen LogP contribution in [0.5, 0.6) is 0 Å². The maximum atomic E-state index is 11.4. The lowest BCUT2D eigenvalue weighted by atomic mass is 9.78. The van der Waals surface area contributed by atoms with Crippen LogP contribution < -0.4 is 0 Å². The van der Waals surface area contributed by atoms with Crippen molar-refractivity contribution in [3.05, 3.63) is 0 Å². The van der Waals surface area contributed by atoms with Crippen LogP contribution in [0, 0.1) is 11.8 Å². The van der Waals surface area contributed by atoms with Crippen LogP contribution >= 0.6 is 0 Å². The average Bonchev–Trinajstić information content (AvgIpc) is 2.74. The van der Waals surface area contributed by atoms with Crippen LogP contribution in [0.4, 0.5) is 0 Å². The summed E-state index contributed by atoms with van der Waals surface area (Å²) in [5.74, 6) is -0.213. The zero-order valence-corrected chi connectivity index (χ0v) is 11.6. The molecule has 0 amide bonds. The fourth-order valence-electron chi connectivity index (χ4n) is 3.59. The Morgan fingerprint density at radius 3 is 2.50 bits per heavy atom. The number of ether oxygens (including phenoxy) is 1. The molecule has 4 nitrogen and oxygen atoms in total. The van der Waals surface area contributed by atoms with Crippen molar-refractivity contribution in [2.75, 3.05) is 13.7 Å². The highest BCUT2D eigenvalue weighted by atomic mass is 16.5. The van der Waals surface area contributed by atoms with Crippen molar-refractivity contribution in [2.45, 2.75) is 57.7 Å². The lowest BCUT2D eigenvalue weighted by molar-refractivity contribution is -0.146. The smallest absolute Gasteiger partial charge is 0.308 e. The molecule has 0 radical (unpaired) electrons. The second kappa shape index (κ2) is 5.57. The van der Waals surface area contributed by atoms with Gasteiger partial charge in [-0.25, -0.2) is 0 Å². The van der Waals surface area contributed by atoms with Crippen LogP contribution in [-0.2, 0) is 9.53 Å². The molecule has 0 spiro atoms.